The highest BCUT2D eigenvalue weighted by Gasteiger charge is 2.13. The Kier molecular flexibility index (Phi) is 5.54. The summed E-state index contributed by atoms with van der Waals surface area (Å²) in [5, 5.41) is 19.8. The Bertz CT molecular complexity index is 409. The zero-order chi connectivity index (χ0) is 13.5. The van der Waals surface area contributed by atoms with E-state index in [1.807, 2.05) is 11.8 Å². The summed E-state index contributed by atoms with van der Waals surface area (Å²) in [5.41, 5.74) is 1.75. The number of ether oxygens (including phenoxy) is 1. The Morgan fingerprint density at radius 1 is 1.44 bits per heavy atom. The highest BCUT2D eigenvalue weighted by molar-refractivity contribution is 5.58. The summed E-state index contributed by atoms with van der Waals surface area (Å²) >= 11 is 0. The molecule has 6 nitrogen and oxygen atoms in total. The Morgan fingerprint density at radius 3 is 2.72 bits per heavy atom. The van der Waals surface area contributed by atoms with Gasteiger partial charge in [0.2, 0.25) is 0 Å². The van der Waals surface area contributed by atoms with Gasteiger partial charge in [-0.25, -0.2) is 0 Å². The first-order valence-corrected chi connectivity index (χ1v) is 5.70. The molecule has 0 saturated heterocycles. The SMILES string of the molecule is COCCN(CCO)c1cc([N+](=O)[O-])ccc1C. The van der Waals surface area contributed by atoms with E-state index in [4.69, 9.17) is 9.84 Å². The van der Waals surface area contributed by atoms with Crippen molar-refractivity contribution in [2.45, 2.75) is 6.92 Å². The Labute approximate surface area is 106 Å². The second-order valence-electron chi connectivity index (χ2n) is 3.93. The summed E-state index contributed by atoms with van der Waals surface area (Å²) in [5.74, 6) is 0. The Morgan fingerprint density at radius 2 is 2.17 bits per heavy atom. The third-order valence-corrected chi connectivity index (χ3v) is 2.68. The molecule has 1 aromatic rings. The second kappa shape index (κ2) is 6.93. The number of nitro groups is 1. The lowest BCUT2D eigenvalue weighted by atomic mass is 10.1. The van der Waals surface area contributed by atoms with E-state index in [1.165, 1.54) is 12.1 Å². The average molecular weight is 254 g/mol. The van der Waals surface area contributed by atoms with Crippen LogP contribution in [0, 0.1) is 17.0 Å². The van der Waals surface area contributed by atoms with Crippen LogP contribution in [0.5, 0.6) is 0 Å². The fraction of sp³-hybridized carbons (Fsp3) is 0.500. The Balaban J connectivity index is 3.01. The molecule has 0 aromatic heterocycles. The van der Waals surface area contributed by atoms with Crippen molar-refractivity contribution >= 4 is 11.4 Å². The molecule has 1 rings (SSSR count). The molecule has 0 unspecified atom stereocenters. The van der Waals surface area contributed by atoms with E-state index in [1.54, 1.807) is 13.2 Å². The fourth-order valence-corrected chi connectivity index (χ4v) is 1.73. The molecule has 0 saturated carbocycles. The first-order chi connectivity index (χ1) is 8.60. The largest absolute Gasteiger partial charge is 0.395 e. The molecule has 0 bridgehead atoms. The van der Waals surface area contributed by atoms with Crippen LogP contribution in [0.1, 0.15) is 5.56 Å². The fourth-order valence-electron chi connectivity index (χ4n) is 1.73. The van der Waals surface area contributed by atoms with Gasteiger partial charge < -0.3 is 14.7 Å². The second-order valence-corrected chi connectivity index (χ2v) is 3.93. The van der Waals surface area contributed by atoms with Crippen LogP contribution < -0.4 is 4.90 Å². The number of aliphatic hydroxyl groups is 1. The number of hydrogen-bond acceptors (Lipinski definition) is 5. The van der Waals surface area contributed by atoms with E-state index in [-0.39, 0.29) is 12.3 Å². The van der Waals surface area contributed by atoms with Crippen LogP contribution in [-0.4, -0.2) is 43.4 Å². The van der Waals surface area contributed by atoms with Crippen LogP contribution in [0.15, 0.2) is 18.2 Å². The number of non-ortho nitro benzene ring substituents is 1. The van der Waals surface area contributed by atoms with Crippen molar-refractivity contribution in [2.24, 2.45) is 0 Å². The number of aryl methyl sites for hydroxylation is 1. The van der Waals surface area contributed by atoms with Crippen molar-refractivity contribution in [3.63, 3.8) is 0 Å². The van der Waals surface area contributed by atoms with Gasteiger partial charge in [0.15, 0.2) is 0 Å². The lowest BCUT2D eigenvalue weighted by Crippen LogP contribution is -2.30. The summed E-state index contributed by atoms with van der Waals surface area (Å²) < 4.78 is 5.00. The van der Waals surface area contributed by atoms with Gasteiger partial charge in [-0.3, -0.25) is 10.1 Å². The van der Waals surface area contributed by atoms with Gasteiger partial charge in [0, 0.05) is 38.0 Å². The van der Waals surface area contributed by atoms with Gasteiger partial charge in [-0.15, -0.1) is 0 Å². The molecule has 6 heteroatoms. The van der Waals surface area contributed by atoms with Gasteiger partial charge in [0.25, 0.3) is 5.69 Å². The third-order valence-electron chi connectivity index (χ3n) is 2.68. The molecule has 0 heterocycles. The van der Waals surface area contributed by atoms with Crippen molar-refractivity contribution in [3.05, 3.63) is 33.9 Å². The monoisotopic (exact) mass is 254 g/mol. The minimum absolute atomic E-state index is 0.00809. The highest BCUT2D eigenvalue weighted by atomic mass is 16.6. The number of benzene rings is 1. The van der Waals surface area contributed by atoms with E-state index in [9.17, 15) is 10.1 Å². The van der Waals surface area contributed by atoms with Gasteiger partial charge in [0.05, 0.1) is 18.1 Å². The van der Waals surface area contributed by atoms with Crippen LogP contribution in [0.25, 0.3) is 0 Å². The first-order valence-electron chi connectivity index (χ1n) is 5.70. The topological polar surface area (TPSA) is 75.8 Å². The molecule has 1 N–H and O–H groups in total. The predicted molar refractivity (Wildman–Crippen MR) is 69.0 cm³/mol. The number of methoxy groups -OCH3 is 1. The lowest BCUT2D eigenvalue weighted by Gasteiger charge is -2.25. The number of anilines is 1. The number of nitro benzene ring substituents is 1. The zero-order valence-corrected chi connectivity index (χ0v) is 10.6. The molecule has 0 radical (unpaired) electrons. The van der Waals surface area contributed by atoms with Gasteiger partial charge in [0.1, 0.15) is 0 Å². The average Bonchev–Trinajstić information content (AvgIpc) is 2.35. The molecule has 0 aliphatic carbocycles. The van der Waals surface area contributed by atoms with Crippen LogP contribution in [0.4, 0.5) is 11.4 Å². The van der Waals surface area contributed by atoms with Crippen LogP contribution in [-0.2, 0) is 4.74 Å². The van der Waals surface area contributed by atoms with E-state index in [0.717, 1.165) is 11.3 Å². The molecule has 100 valence electrons. The number of aliphatic hydroxyl groups excluding tert-OH is 1. The normalized spacial score (nSPS) is 10.4. The van der Waals surface area contributed by atoms with E-state index >= 15 is 0 Å². The molecule has 1 aromatic carbocycles. The van der Waals surface area contributed by atoms with Crippen molar-refractivity contribution < 1.29 is 14.8 Å². The Hall–Kier alpha value is -1.66. The van der Waals surface area contributed by atoms with E-state index in [0.29, 0.717) is 19.7 Å². The minimum atomic E-state index is -0.420. The molecule has 0 fully saturated rings. The van der Waals surface area contributed by atoms with Gasteiger partial charge >= 0.3 is 0 Å². The zero-order valence-electron chi connectivity index (χ0n) is 10.6. The highest BCUT2D eigenvalue weighted by Crippen LogP contribution is 2.25. The molecular formula is C12H18N2O4. The smallest absolute Gasteiger partial charge is 0.271 e. The molecule has 18 heavy (non-hydrogen) atoms. The molecule has 0 aliphatic rings. The minimum Gasteiger partial charge on any atom is -0.395 e. The van der Waals surface area contributed by atoms with Crippen molar-refractivity contribution in [2.75, 3.05) is 38.3 Å². The summed E-state index contributed by atoms with van der Waals surface area (Å²) in [6.07, 6.45) is 0. The maximum Gasteiger partial charge on any atom is 0.271 e. The number of nitrogens with zero attached hydrogens (tertiary/aromatic N) is 2. The van der Waals surface area contributed by atoms with Crippen LogP contribution >= 0.6 is 0 Å². The van der Waals surface area contributed by atoms with Crippen LogP contribution in [0.3, 0.4) is 0 Å². The van der Waals surface area contributed by atoms with Gasteiger partial charge in [-0.1, -0.05) is 6.07 Å². The number of rotatable bonds is 7. The molecule has 0 spiro atoms. The summed E-state index contributed by atoms with van der Waals surface area (Å²) in [6.45, 7) is 3.38. The van der Waals surface area contributed by atoms with Crippen molar-refractivity contribution in [1.29, 1.82) is 0 Å². The van der Waals surface area contributed by atoms with Crippen molar-refractivity contribution in [1.82, 2.24) is 0 Å². The van der Waals surface area contributed by atoms with Gasteiger partial charge in [-0.2, -0.15) is 0 Å². The molecule has 0 amide bonds. The summed E-state index contributed by atoms with van der Waals surface area (Å²) in [6, 6.07) is 4.72. The van der Waals surface area contributed by atoms with E-state index in [2.05, 4.69) is 0 Å². The van der Waals surface area contributed by atoms with Crippen molar-refractivity contribution in [3.8, 4) is 0 Å². The quantitative estimate of drug-likeness (QED) is 0.587. The maximum absolute atomic E-state index is 10.8. The standard InChI is InChI=1S/C12H18N2O4/c1-10-3-4-11(14(16)17)9-12(10)13(5-7-15)6-8-18-2/h3-4,9,15H,5-8H2,1-2H3. The van der Waals surface area contributed by atoms with E-state index < -0.39 is 4.92 Å². The summed E-state index contributed by atoms with van der Waals surface area (Å²) in [7, 11) is 1.59. The maximum atomic E-state index is 10.8. The molecular weight excluding hydrogens is 236 g/mol. The molecule has 0 aliphatic heterocycles. The van der Waals surface area contributed by atoms with Crippen LogP contribution in [0.2, 0.25) is 0 Å². The van der Waals surface area contributed by atoms with Gasteiger partial charge in [-0.05, 0) is 12.5 Å². The number of hydrogen-bond donors (Lipinski definition) is 1. The third kappa shape index (κ3) is 3.68. The predicted octanol–water partition coefficient (Wildman–Crippen LogP) is 1.35. The first kappa shape index (κ1) is 14.4. The summed E-state index contributed by atoms with van der Waals surface area (Å²) in [4.78, 5) is 12.2. The molecule has 0 atom stereocenters. The lowest BCUT2D eigenvalue weighted by molar-refractivity contribution is -0.384.